The molecule has 4 nitrogen and oxygen atoms in total. The van der Waals surface area contributed by atoms with Crippen molar-refractivity contribution >= 4 is 18.4 Å². The number of carbonyl (C=O) groups is 1. The summed E-state index contributed by atoms with van der Waals surface area (Å²) in [5, 5.41) is 2.99. The number of ether oxygens (including phenoxy) is 1. The van der Waals surface area contributed by atoms with Crippen molar-refractivity contribution in [1.29, 1.82) is 0 Å². The summed E-state index contributed by atoms with van der Waals surface area (Å²) in [4.78, 5) is 15.7. The van der Waals surface area contributed by atoms with Gasteiger partial charge in [-0.3, -0.25) is 4.79 Å². The van der Waals surface area contributed by atoms with Crippen LogP contribution in [-0.4, -0.2) is 35.2 Å². The molecule has 1 unspecified atom stereocenters. The van der Waals surface area contributed by atoms with Gasteiger partial charge in [-0.05, 0) is 32.0 Å². The van der Waals surface area contributed by atoms with Crippen LogP contribution in [0.1, 0.15) is 37.7 Å². The van der Waals surface area contributed by atoms with Crippen molar-refractivity contribution in [1.82, 2.24) is 10.3 Å². The number of hydrogen-bond donors (Lipinski definition) is 2. The van der Waals surface area contributed by atoms with Crippen LogP contribution < -0.4 is 10.1 Å². The monoisotopic (exact) mass is 282 g/mol. The number of nitrogens with one attached hydrogen (secondary N) is 1. The van der Waals surface area contributed by atoms with E-state index in [1.165, 1.54) is 0 Å². The maximum absolute atomic E-state index is 11.6. The highest BCUT2D eigenvalue weighted by molar-refractivity contribution is 7.81. The number of thiol groups is 1. The zero-order chi connectivity index (χ0) is 14.3. The van der Waals surface area contributed by atoms with Gasteiger partial charge in [0.05, 0.1) is 18.1 Å². The van der Waals surface area contributed by atoms with Crippen LogP contribution in [0.4, 0.5) is 0 Å². The number of aromatic nitrogens is 1. The number of hydrogen-bond acceptors (Lipinski definition) is 5. The third-order valence-corrected chi connectivity index (χ3v) is 2.75. The zero-order valence-electron chi connectivity index (χ0n) is 11.7. The van der Waals surface area contributed by atoms with Gasteiger partial charge in [0.1, 0.15) is 11.4 Å². The minimum absolute atomic E-state index is 0.0731. The molecule has 0 radical (unpaired) electrons. The van der Waals surface area contributed by atoms with E-state index in [0.29, 0.717) is 24.1 Å². The predicted molar refractivity (Wildman–Crippen MR) is 80.3 cm³/mol. The van der Waals surface area contributed by atoms with Gasteiger partial charge in [0, 0.05) is 6.04 Å². The third kappa shape index (κ3) is 6.07. The average Bonchev–Trinajstić information content (AvgIpc) is 2.37. The van der Waals surface area contributed by atoms with E-state index in [1.54, 1.807) is 25.3 Å². The van der Waals surface area contributed by atoms with Crippen LogP contribution in [0, 0.1) is 0 Å². The fourth-order valence-corrected chi connectivity index (χ4v) is 1.61. The van der Waals surface area contributed by atoms with E-state index in [0.717, 1.165) is 13.0 Å². The summed E-state index contributed by atoms with van der Waals surface area (Å²) in [7, 11) is 0. The van der Waals surface area contributed by atoms with Crippen LogP contribution >= 0.6 is 12.6 Å². The Kier molecular flexibility index (Phi) is 6.87. The van der Waals surface area contributed by atoms with Crippen molar-refractivity contribution < 1.29 is 9.53 Å². The molecule has 0 aliphatic heterocycles. The second-order valence-electron chi connectivity index (χ2n) is 4.73. The molecule has 19 heavy (non-hydrogen) atoms. The molecule has 0 saturated heterocycles. The summed E-state index contributed by atoms with van der Waals surface area (Å²) in [6, 6.07) is 3.94. The number of nitrogens with zero attached hydrogens (tertiary/aromatic N) is 1. The lowest BCUT2D eigenvalue weighted by Crippen LogP contribution is -2.24. The highest BCUT2D eigenvalue weighted by Crippen LogP contribution is 2.12. The fourth-order valence-electron chi connectivity index (χ4n) is 1.48. The minimum Gasteiger partial charge on any atom is -0.492 e. The Balaban J connectivity index is 2.34. The van der Waals surface area contributed by atoms with E-state index in [1.807, 2.05) is 0 Å². The van der Waals surface area contributed by atoms with Crippen molar-refractivity contribution in [2.75, 3.05) is 13.2 Å². The molecule has 0 bridgehead atoms. The van der Waals surface area contributed by atoms with Crippen LogP contribution in [0.5, 0.6) is 5.75 Å². The fraction of sp³-hybridized carbons (Fsp3) is 0.571. The Morgan fingerprint density at radius 2 is 2.16 bits per heavy atom. The quantitative estimate of drug-likeness (QED) is 0.436. The van der Waals surface area contributed by atoms with Crippen molar-refractivity contribution in [2.24, 2.45) is 0 Å². The highest BCUT2D eigenvalue weighted by atomic mass is 32.1. The Hall–Kier alpha value is -1.07. The molecule has 1 N–H and O–H groups in total. The van der Waals surface area contributed by atoms with Gasteiger partial charge < -0.3 is 10.1 Å². The van der Waals surface area contributed by atoms with E-state index in [2.05, 4.69) is 36.8 Å². The molecular weight excluding hydrogens is 260 g/mol. The van der Waals surface area contributed by atoms with E-state index < -0.39 is 0 Å². The van der Waals surface area contributed by atoms with Gasteiger partial charge in [-0.15, -0.1) is 0 Å². The smallest absolute Gasteiger partial charge is 0.193 e. The van der Waals surface area contributed by atoms with E-state index in [-0.39, 0.29) is 11.0 Å². The minimum atomic E-state index is -0.332. The van der Waals surface area contributed by atoms with Gasteiger partial charge in [0.2, 0.25) is 0 Å². The van der Waals surface area contributed by atoms with Crippen molar-refractivity contribution in [3.8, 4) is 5.75 Å². The van der Waals surface area contributed by atoms with Gasteiger partial charge in [-0.1, -0.05) is 13.8 Å². The summed E-state index contributed by atoms with van der Waals surface area (Å²) in [5.74, 6) is 0.615. The maximum atomic E-state index is 11.6. The van der Waals surface area contributed by atoms with Gasteiger partial charge in [-0.2, -0.15) is 12.6 Å². The number of pyridine rings is 1. The molecule has 0 aliphatic rings. The molecule has 0 aromatic carbocycles. The number of ketones is 1. The van der Waals surface area contributed by atoms with Crippen molar-refractivity contribution in [2.45, 2.75) is 38.5 Å². The lowest BCUT2D eigenvalue weighted by atomic mass is 10.2. The van der Waals surface area contributed by atoms with Crippen LogP contribution in [0.15, 0.2) is 18.3 Å². The SMILES string of the molecule is CC(C)NCCCOc1ccc(C(=O)C(C)S)nc1. The Morgan fingerprint density at radius 1 is 1.42 bits per heavy atom. The molecule has 0 aliphatic carbocycles. The molecule has 1 rings (SSSR count). The largest absolute Gasteiger partial charge is 0.492 e. The molecule has 1 atom stereocenters. The molecule has 1 aromatic rings. The molecule has 0 saturated carbocycles. The number of rotatable bonds is 8. The van der Waals surface area contributed by atoms with Gasteiger partial charge in [0.15, 0.2) is 5.78 Å². The van der Waals surface area contributed by atoms with E-state index in [4.69, 9.17) is 4.74 Å². The second-order valence-corrected chi connectivity index (χ2v) is 5.50. The lowest BCUT2D eigenvalue weighted by Gasteiger charge is -2.09. The summed E-state index contributed by atoms with van der Waals surface area (Å²) >= 11 is 4.10. The highest BCUT2D eigenvalue weighted by Gasteiger charge is 2.12. The molecule has 1 aromatic heterocycles. The molecule has 5 heteroatoms. The zero-order valence-corrected chi connectivity index (χ0v) is 12.6. The summed E-state index contributed by atoms with van der Waals surface area (Å²) in [5.41, 5.74) is 0.427. The Labute approximate surface area is 120 Å². The standard InChI is InChI=1S/C14H22N2O2S/c1-10(2)15-7-4-8-18-12-5-6-13(16-9-12)14(17)11(3)19/h5-6,9-11,15,19H,4,7-8H2,1-3H3. The topological polar surface area (TPSA) is 51.2 Å². The van der Waals surface area contributed by atoms with Crippen molar-refractivity contribution in [3.63, 3.8) is 0 Å². The molecule has 0 spiro atoms. The first kappa shape index (κ1) is 16.0. The summed E-state index contributed by atoms with van der Waals surface area (Å²) in [6.45, 7) is 7.53. The average molecular weight is 282 g/mol. The summed E-state index contributed by atoms with van der Waals surface area (Å²) < 4.78 is 5.55. The normalized spacial score (nSPS) is 12.5. The van der Waals surface area contributed by atoms with Crippen LogP contribution in [0.25, 0.3) is 0 Å². The number of Topliss-reactive ketones (excluding diaryl/α,β-unsaturated/α-hetero) is 1. The van der Waals surface area contributed by atoms with Crippen LogP contribution in [-0.2, 0) is 0 Å². The molecule has 0 fully saturated rings. The van der Waals surface area contributed by atoms with Crippen molar-refractivity contribution in [3.05, 3.63) is 24.0 Å². The molecule has 1 heterocycles. The summed E-state index contributed by atoms with van der Waals surface area (Å²) in [6.07, 6.45) is 2.52. The Bertz CT molecular complexity index is 391. The Morgan fingerprint density at radius 3 is 2.68 bits per heavy atom. The van der Waals surface area contributed by atoms with E-state index in [9.17, 15) is 4.79 Å². The second kappa shape index (κ2) is 8.17. The van der Waals surface area contributed by atoms with Crippen LogP contribution in [0.3, 0.4) is 0 Å². The third-order valence-electron chi connectivity index (χ3n) is 2.51. The number of carbonyl (C=O) groups excluding carboxylic acids is 1. The molecule has 106 valence electrons. The van der Waals surface area contributed by atoms with Gasteiger partial charge in [-0.25, -0.2) is 4.98 Å². The van der Waals surface area contributed by atoms with Crippen LogP contribution in [0.2, 0.25) is 0 Å². The lowest BCUT2D eigenvalue weighted by molar-refractivity contribution is 0.0989. The first-order valence-corrected chi connectivity index (χ1v) is 7.07. The first-order valence-electron chi connectivity index (χ1n) is 6.55. The maximum Gasteiger partial charge on any atom is 0.193 e. The van der Waals surface area contributed by atoms with Gasteiger partial charge in [0.25, 0.3) is 0 Å². The molecule has 0 amide bonds. The van der Waals surface area contributed by atoms with E-state index >= 15 is 0 Å². The molecular formula is C14H22N2O2S. The first-order chi connectivity index (χ1) is 9.00. The predicted octanol–water partition coefficient (Wildman–Crippen LogP) is 2.35. The van der Waals surface area contributed by atoms with Gasteiger partial charge >= 0.3 is 0 Å².